The summed E-state index contributed by atoms with van der Waals surface area (Å²) in [4.78, 5) is 32.6. The maximum atomic E-state index is 13.4. The molecule has 0 radical (unpaired) electrons. The summed E-state index contributed by atoms with van der Waals surface area (Å²) < 4.78 is 0. The first-order chi connectivity index (χ1) is 14.0. The number of benzene rings is 1. The molecule has 3 heterocycles. The highest BCUT2D eigenvalue weighted by molar-refractivity contribution is 6.07. The van der Waals surface area contributed by atoms with Gasteiger partial charge in [0.15, 0.2) is 0 Å². The van der Waals surface area contributed by atoms with Gasteiger partial charge in [-0.2, -0.15) is 0 Å². The Kier molecular flexibility index (Phi) is 5.93. The van der Waals surface area contributed by atoms with Crippen molar-refractivity contribution in [3.8, 4) is 0 Å². The Hall–Kier alpha value is -1.92. The third kappa shape index (κ3) is 4.33. The van der Waals surface area contributed by atoms with Crippen LogP contribution in [0.1, 0.15) is 45.1 Å². The molecule has 1 atom stereocenters. The number of amides is 3. The van der Waals surface area contributed by atoms with Gasteiger partial charge in [0, 0.05) is 32.7 Å². The van der Waals surface area contributed by atoms with Crippen LogP contribution < -0.4 is 5.32 Å². The summed E-state index contributed by atoms with van der Waals surface area (Å²) >= 11 is 0. The molecule has 6 nitrogen and oxygen atoms in total. The first-order valence-corrected chi connectivity index (χ1v) is 11.1. The van der Waals surface area contributed by atoms with Crippen molar-refractivity contribution < 1.29 is 9.59 Å². The zero-order chi connectivity index (χ0) is 20.4. The van der Waals surface area contributed by atoms with E-state index in [1.165, 1.54) is 5.56 Å². The molecule has 0 aromatic heterocycles. The van der Waals surface area contributed by atoms with Crippen molar-refractivity contribution >= 4 is 11.9 Å². The quantitative estimate of drug-likeness (QED) is 0.775. The zero-order valence-electron chi connectivity index (χ0n) is 17.8. The van der Waals surface area contributed by atoms with Crippen LogP contribution in [-0.4, -0.2) is 70.9 Å². The summed E-state index contributed by atoms with van der Waals surface area (Å²) in [6, 6.07) is 10.2. The highest BCUT2D eigenvalue weighted by atomic mass is 16.2. The first kappa shape index (κ1) is 20.4. The molecule has 1 aromatic carbocycles. The molecule has 3 amide bonds. The average Bonchev–Trinajstić information content (AvgIpc) is 2.94. The fraction of sp³-hybridized carbons (Fsp3) is 0.652. The Labute approximate surface area is 174 Å². The second-order valence-electron chi connectivity index (χ2n) is 9.40. The number of imide groups is 1. The molecule has 29 heavy (non-hydrogen) atoms. The van der Waals surface area contributed by atoms with Gasteiger partial charge in [0.25, 0.3) is 5.91 Å². The van der Waals surface area contributed by atoms with Gasteiger partial charge >= 0.3 is 6.03 Å². The minimum atomic E-state index is -0.674. The van der Waals surface area contributed by atoms with E-state index in [9.17, 15) is 9.59 Å². The van der Waals surface area contributed by atoms with Crippen LogP contribution in [0.2, 0.25) is 0 Å². The van der Waals surface area contributed by atoms with Crippen LogP contribution in [0, 0.1) is 5.92 Å². The lowest BCUT2D eigenvalue weighted by Crippen LogP contribution is -2.56. The van der Waals surface area contributed by atoms with E-state index in [-0.39, 0.29) is 18.0 Å². The summed E-state index contributed by atoms with van der Waals surface area (Å²) in [7, 11) is 0. The third-order valence-electron chi connectivity index (χ3n) is 6.62. The fourth-order valence-electron chi connectivity index (χ4n) is 5.17. The number of nitrogens with one attached hydrogen (secondary N) is 1. The molecule has 3 saturated heterocycles. The van der Waals surface area contributed by atoms with Crippen LogP contribution in [0.3, 0.4) is 0 Å². The predicted molar refractivity (Wildman–Crippen MR) is 113 cm³/mol. The largest absolute Gasteiger partial charge is 0.325 e. The van der Waals surface area contributed by atoms with Crippen LogP contribution in [0.15, 0.2) is 30.3 Å². The summed E-state index contributed by atoms with van der Waals surface area (Å²) in [5.74, 6) is 0.630. The van der Waals surface area contributed by atoms with Crippen molar-refractivity contribution in [2.24, 2.45) is 5.92 Å². The van der Waals surface area contributed by atoms with Gasteiger partial charge in [-0.15, -0.1) is 0 Å². The Morgan fingerprint density at radius 2 is 1.79 bits per heavy atom. The number of carbonyl (C=O) groups is 2. The first-order valence-electron chi connectivity index (χ1n) is 11.1. The third-order valence-corrected chi connectivity index (χ3v) is 6.62. The van der Waals surface area contributed by atoms with E-state index < -0.39 is 5.54 Å². The van der Waals surface area contributed by atoms with E-state index in [0.29, 0.717) is 5.92 Å². The zero-order valence-corrected chi connectivity index (χ0v) is 17.8. The molecule has 1 spiro atoms. The van der Waals surface area contributed by atoms with Gasteiger partial charge in [-0.1, -0.05) is 44.2 Å². The summed E-state index contributed by atoms with van der Waals surface area (Å²) in [5, 5.41) is 3.10. The second kappa shape index (κ2) is 8.44. The number of hydrogen-bond acceptors (Lipinski definition) is 4. The molecule has 3 fully saturated rings. The maximum Gasteiger partial charge on any atom is 0.325 e. The van der Waals surface area contributed by atoms with Crippen molar-refractivity contribution in [2.75, 3.05) is 32.7 Å². The normalized spacial score (nSPS) is 25.8. The molecule has 3 aliphatic rings. The van der Waals surface area contributed by atoms with E-state index in [0.717, 1.165) is 65.0 Å². The van der Waals surface area contributed by atoms with E-state index in [1.807, 2.05) is 6.07 Å². The highest BCUT2D eigenvalue weighted by Gasteiger charge is 2.54. The Morgan fingerprint density at radius 3 is 2.48 bits per heavy atom. The molecule has 6 heteroatoms. The number of hydrogen-bond donors (Lipinski definition) is 1. The van der Waals surface area contributed by atoms with Crippen molar-refractivity contribution in [1.82, 2.24) is 20.0 Å². The van der Waals surface area contributed by atoms with E-state index in [1.54, 1.807) is 4.90 Å². The fourth-order valence-corrected chi connectivity index (χ4v) is 5.17. The maximum absolute atomic E-state index is 13.4. The van der Waals surface area contributed by atoms with Crippen LogP contribution in [-0.2, 0) is 11.3 Å². The lowest BCUT2D eigenvalue weighted by molar-refractivity contribution is -0.135. The van der Waals surface area contributed by atoms with Gasteiger partial charge in [0.2, 0.25) is 0 Å². The van der Waals surface area contributed by atoms with Crippen LogP contribution in [0.25, 0.3) is 0 Å². The van der Waals surface area contributed by atoms with Crippen molar-refractivity contribution in [3.63, 3.8) is 0 Å². The van der Waals surface area contributed by atoms with Gasteiger partial charge < -0.3 is 10.2 Å². The number of likely N-dealkylation sites (tertiary alicyclic amines) is 2. The van der Waals surface area contributed by atoms with Crippen LogP contribution in [0.4, 0.5) is 4.79 Å². The lowest BCUT2D eigenvalue weighted by Gasteiger charge is -2.39. The van der Waals surface area contributed by atoms with E-state index in [4.69, 9.17) is 0 Å². The summed E-state index contributed by atoms with van der Waals surface area (Å²) in [6.07, 6.45) is 3.37. The minimum absolute atomic E-state index is 0.0123. The van der Waals surface area contributed by atoms with Gasteiger partial charge in [-0.25, -0.2) is 4.79 Å². The number of rotatable bonds is 5. The Balaban J connectivity index is 1.40. The monoisotopic (exact) mass is 398 g/mol. The predicted octanol–water partition coefficient (Wildman–Crippen LogP) is 2.69. The van der Waals surface area contributed by atoms with Crippen LogP contribution >= 0.6 is 0 Å². The molecule has 1 N–H and O–H groups in total. The lowest BCUT2D eigenvalue weighted by atomic mass is 9.86. The SMILES string of the molecule is CC(C)CN1CCC2(CC1)NC(=O)N([C@H]1CCCN(Cc3ccccc3)C1)C2=O. The van der Waals surface area contributed by atoms with Crippen molar-refractivity contribution in [3.05, 3.63) is 35.9 Å². The highest BCUT2D eigenvalue weighted by Crippen LogP contribution is 2.32. The number of carbonyl (C=O) groups excluding carboxylic acids is 2. The molecular weight excluding hydrogens is 364 g/mol. The van der Waals surface area contributed by atoms with Crippen molar-refractivity contribution in [1.29, 1.82) is 0 Å². The van der Waals surface area contributed by atoms with Crippen LogP contribution in [0.5, 0.6) is 0 Å². The van der Waals surface area contributed by atoms with E-state index >= 15 is 0 Å². The molecule has 158 valence electrons. The van der Waals surface area contributed by atoms with Crippen molar-refractivity contribution in [2.45, 2.75) is 57.7 Å². The smallest absolute Gasteiger partial charge is 0.323 e. The molecule has 3 aliphatic heterocycles. The minimum Gasteiger partial charge on any atom is -0.323 e. The average molecular weight is 399 g/mol. The number of urea groups is 1. The number of piperidine rings is 2. The number of nitrogens with zero attached hydrogens (tertiary/aromatic N) is 3. The van der Waals surface area contributed by atoms with Gasteiger partial charge in [0.05, 0.1) is 6.04 Å². The Morgan fingerprint density at radius 1 is 1.07 bits per heavy atom. The molecule has 0 bridgehead atoms. The molecule has 4 rings (SSSR count). The van der Waals surface area contributed by atoms with E-state index in [2.05, 4.69) is 53.2 Å². The standard InChI is InChI=1S/C23H34N4O2/c1-18(2)15-25-13-10-23(11-14-25)21(28)27(22(29)24-23)20-9-6-12-26(17-20)16-19-7-4-3-5-8-19/h3-5,7-8,18,20H,6,9-17H2,1-2H3,(H,24,29)/t20-/m0/s1. The second-order valence-corrected chi connectivity index (χ2v) is 9.40. The topological polar surface area (TPSA) is 55.9 Å². The molecule has 0 aliphatic carbocycles. The molecule has 1 aromatic rings. The van der Waals surface area contributed by atoms with Gasteiger partial charge in [-0.05, 0) is 43.7 Å². The molecule has 0 unspecified atom stereocenters. The summed E-state index contributed by atoms with van der Waals surface area (Å²) in [6.45, 7) is 9.91. The van der Waals surface area contributed by atoms with Gasteiger partial charge in [0.1, 0.15) is 5.54 Å². The van der Waals surface area contributed by atoms with Gasteiger partial charge in [-0.3, -0.25) is 14.6 Å². The summed E-state index contributed by atoms with van der Waals surface area (Å²) in [5.41, 5.74) is 0.603. The molecular formula is C23H34N4O2. The molecule has 0 saturated carbocycles. The Bertz CT molecular complexity index is 728.